The summed E-state index contributed by atoms with van der Waals surface area (Å²) >= 11 is 0. The number of nitrogens with one attached hydrogen (secondary N) is 1. The van der Waals surface area contributed by atoms with Crippen LogP contribution in [0.15, 0.2) is 18.2 Å². The number of rotatable bonds is 5. The fourth-order valence-corrected chi connectivity index (χ4v) is 1.37. The zero-order chi connectivity index (χ0) is 14.0. The number of aliphatic hydroxyl groups is 1. The second kappa shape index (κ2) is 5.16. The summed E-state index contributed by atoms with van der Waals surface area (Å²) in [6.45, 7) is 8.04. The van der Waals surface area contributed by atoms with E-state index >= 15 is 0 Å². The van der Waals surface area contributed by atoms with Gasteiger partial charge in [0.15, 0.2) is 11.5 Å². The molecule has 0 fully saturated rings. The van der Waals surface area contributed by atoms with Crippen LogP contribution in [0.4, 0.5) is 0 Å². The van der Waals surface area contributed by atoms with Gasteiger partial charge in [0.2, 0.25) is 0 Å². The minimum absolute atomic E-state index is 0.128. The highest BCUT2D eigenvalue weighted by Crippen LogP contribution is 2.27. The van der Waals surface area contributed by atoms with Crippen LogP contribution in [0.5, 0.6) is 11.5 Å². The average molecular weight is 253 g/mol. The Bertz CT molecular complexity index is 408. The van der Waals surface area contributed by atoms with E-state index in [0.717, 1.165) is 5.56 Å². The van der Waals surface area contributed by atoms with Crippen molar-refractivity contribution in [2.75, 3.05) is 7.11 Å². The van der Waals surface area contributed by atoms with Gasteiger partial charge in [-0.3, -0.25) is 0 Å². The first-order valence-electron chi connectivity index (χ1n) is 6.00. The van der Waals surface area contributed by atoms with Crippen LogP contribution >= 0.6 is 0 Å². The zero-order valence-electron chi connectivity index (χ0n) is 11.7. The fourth-order valence-electron chi connectivity index (χ4n) is 1.37. The van der Waals surface area contributed by atoms with Crippen molar-refractivity contribution in [3.63, 3.8) is 0 Å². The summed E-state index contributed by atoms with van der Waals surface area (Å²) in [5.74, 6) is 0.582. The van der Waals surface area contributed by atoms with E-state index < -0.39 is 11.1 Å². The van der Waals surface area contributed by atoms with Gasteiger partial charge in [0.05, 0.1) is 12.7 Å². The van der Waals surface area contributed by atoms with Crippen LogP contribution < -0.4 is 10.1 Å². The normalized spacial score (nSPS) is 12.6. The third-order valence-electron chi connectivity index (χ3n) is 3.51. The molecule has 1 aromatic carbocycles. The molecule has 0 spiro atoms. The fraction of sp³-hybridized carbons (Fsp3) is 0.571. The molecule has 1 rings (SSSR count). The molecular formula is C14H23NO3. The molecule has 0 heterocycles. The van der Waals surface area contributed by atoms with E-state index in [1.54, 1.807) is 26.0 Å². The van der Waals surface area contributed by atoms with Gasteiger partial charge in [-0.1, -0.05) is 6.07 Å². The van der Waals surface area contributed by atoms with Crippen LogP contribution in [0.25, 0.3) is 0 Å². The lowest BCUT2D eigenvalue weighted by molar-refractivity contribution is -0.00532. The van der Waals surface area contributed by atoms with Gasteiger partial charge in [0, 0.05) is 12.1 Å². The molecule has 0 atom stereocenters. The monoisotopic (exact) mass is 253 g/mol. The molecule has 0 aliphatic carbocycles. The molecule has 0 aliphatic heterocycles. The Morgan fingerprint density at radius 3 is 2.33 bits per heavy atom. The molecule has 102 valence electrons. The quantitative estimate of drug-likeness (QED) is 0.751. The second-order valence-electron chi connectivity index (χ2n) is 5.54. The molecule has 18 heavy (non-hydrogen) atoms. The van der Waals surface area contributed by atoms with E-state index in [2.05, 4.69) is 5.32 Å². The van der Waals surface area contributed by atoms with Gasteiger partial charge >= 0.3 is 0 Å². The van der Waals surface area contributed by atoms with Crippen molar-refractivity contribution in [2.24, 2.45) is 0 Å². The highest BCUT2D eigenvalue weighted by Gasteiger charge is 2.34. The predicted octanol–water partition coefficient (Wildman–Crippen LogP) is 2.04. The topological polar surface area (TPSA) is 61.7 Å². The van der Waals surface area contributed by atoms with E-state index in [1.165, 1.54) is 7.11 Å². The predicted molar refractivity (Wildman–Crippen MR) is 71.9 cm³/mol. The lowest BCUT2D eigenvalue weighted by atomic mass is 9.86. The number of aromatic hydroxyl groups is 1. The molecular weight excluding hydrogens is 230 g/mol. The van der Waals surface area contributed by atoms with Gasteiger partial charge in [-0.05, 0) is 45.4 Å². The first kappa shape index (κ1) is 14.8. The second-order valence-corrected chi connectivity index (χ2v) is 5.54. The molecule has 0 amide bonds. The maximum absolute atomic E-state index is 10.0. The Morgan fingerprint density at radius 2 is 1.83 bits per heavy atom. The van der Waals surface area contributed by atoms with Crippen LogP contribution in [-0.2, 0) is 6.54 Å². The van der Waals surface area contributed by atoms with Crippen molar-refractivity contribution in [1.29, 1.82) is 0 Å². The van der Waals surface area contributed by atoms with Gasteiger partial charge in [-0.2, -0.15) is 0 Å². The summed E-state index contributed by atoms with van der Waals surface area (Å²) in [5.41, 5.74) is -0.256. The Morgan fingerprint density at radius 1 is 1.22 bits per heavy atom. The largest absolute Gasteiger partial charge is 0.504 e. The van der Waals surface area contributed by atoms with E-state index in [-0.39, 0.29) is 5.75 Å². The van der Waals surface area contributed by atoms with Crippen molar-refractivity contribution in [1.82, 2.24) is 5.32 Å². The van der Waals surface area contributed by atoms with Crippen molar-refractivity contribution < 1.29 is 14.9 Å². The molecule has 0 saturated heterocycles. The number of benzene rings is 1. The molecule has 0 bridgehead atoms. The lowest BCUT2D eigenvalue weighted by Gasteiger charge is -2.38. The first-order chi connectivity index (χ1) is 8.17. The third kappa shape index (κ3) is 3.37. The van der Waals surface area contributed by atoms with Gasteiger partial charge in [-0.25, -0.2) is 0 Å². The van der Waals surface area contributed by atoms with Crippen LogP contribution in [-0.4, -0.2) is 28.5 Å². The molecule has 0 radical (unpaired) electrons. The Hall–Kier alpha value is -1.26. The van der Waals surface area contributed by atoms with Crippen LogP contribution in [0.3, 0.4) is 0 Å². The molecule has 0 saturated carbocycles. The molecule has 0 aromatic heterocycles. The summed E-state index contributed by atoms with van der Waals surface area (Å²) in [7, 11) is 1.52. The minimum atomic E-state index is -0.825. The van der Waals surface area contributed by atoms with E-state index in [4.69, 9.17) is 4.74 Å². The van der Waals surface area contributed by atoms with E-state index in [1.807, 2.05) is 19.9 Å². The maximum atomic E-state index is 10.0. The highest BCUT2D eigenvalue weighted by molar-refractivity contribution is 5.41. The molecule has 4 heteroatoms. The van der Waals surface area contributed by atoms with Crippen molar-refractivity contribution >= 4 is 0 Å². The third-order valence-corrected chi connectivity index (χ3v) is 3.51. The van der Waals surface area contributed by atoms with Gasteiger partial charge in [0.1, 0.15) is 0 Å². The lowest BCUT2D eigenvalue weighted by Crippen LogP contribution is -2.55. The number of hydrogen-bond donors (Lipinski definition) is 3. The summed E-state index contributed by atoms with van der Waals surface area (Å²) in [4.78, 5) is 0. The standard InChI is InChI=1S/C14H23NO3/c1-13(2,14(3,4)17)15-9-10-6-7-11(16)12(8-10)18-5/h6-8,15-17H,9H2,1-5H3. The van der Waals surface area contributed by atoms with Crippen LogP contribution in [0.1, 0.15) is 33.3 Å². The van der Waals surface area contributed by atoms with Gasteiger partial charge < -0.3 is 20.3 Å². The van der Waals surface area contributed by atoms with Crippen LogP contribution in [0.2, 0.25) is 0 Å². The smallest absolute Gasteiger partial charge is 0.160 e. The van der Waals surface area contributed by atoms with Gasteiger partial charge in [0.25, 0.3) is 0 Å². The molecule has 1 aromatic rings. The van der Waals surface area contributed by atoms with Crippen LogP contribution in [0, 0.1) is 0 Å². The van der Waals surface area contributed by atoms with Crippen molar-refractivity contribution in [2.45, 2.75) is 45.4 Å². The molecule has 3 N–H and O–H groups in total. The van der Waals surface area contributed by atoms with Gasteiger partial charge in [-0.15, -0.1) is 0 Å². The Kier molecular flexibility index (Phi) is 4.24. The maximum Gasteiger partial charge on any atom is 0.160 e. The summed E-state index contributed by atoms with van der Waals surface area (Å²) in [6, 6.07) is 5.21. The number of phenolic OH excluding ortho intramolecular Hbond substituents is 1. The van der Waals surface area contributed by atoms with E-state index in [0.29, 0.717) is 12.3 Å². The summed E-state index contributed by atoms with van der Waals surface area (Å²) < 4.78 is 5.06. The number of ether oxygens (including phenoxy) is 1. The summed E-state index contributed by atoms with van der Waals surface area (Å²) in [6.07, 6.45) is 0. The molecule has 0 aliphatic rings. The minimum Gasteiger partial charge on any atom is -0.504 e. The highest BCUT2D eigenvalue weighted by atomic mass is 16.5. The molecule has 4 nitrogen and oxygen atoms in total. The number of phenols is 1. The van der Waals surface area contributed by atoms with Crippen molar-refractivity contribution in [3.8, 4) is 11.5 Å². The Labute approximate surface area is 109 Å². The first-order valence-corrected chi connectivity index (χ1v) is 6.00. The van der Waals surface area contributed by atoms with E-state index in [9.17, 15) is 10.2 Å². The molecule has 0 unspecified atom stereocenters. The Balaban J connectivity index is 2.75. The number of hydrogen-bond acceptors (Lipinski definition) is 4. The average Bonchev–Trinajstić information content (AvgIpc) is 2.26. The zero-order valence-corrected chi connectivity index (χ0v) is 11.7. The SMILES string of the molecule is COc1cc(CNC(C)(C)C(C)(C)O)ccc1O. The van der Waals surface area contributed by atoms with Crippen molar-refractivity contribution in [3.05, 3.63) is 23.8 Å². The number of methoxy groups -OCH3 is 1. The summed E-state index contributed by atoms with van der Waals surface area (Å²) in [5, 5.41) is 22.8.